The van der Waals surface area contributed by atoms with Gasteiger partial charge in [-0.2, -0.15) is 0 Å². The number of piperidine rings is 1. The summed E-state index contributed by atoms with van der Waals surface area (Å²) in [5, 5.41) is 1.32. The van der Waals surface area contributed by atoms with E-state index in [0.717, 1.165) is 0 Å². The van der Waals surface area contributed by atoms with Crippen molar-refractivity contribution in [1.29, 1.82) is 0 Å². The summed E-state index contributed by atoms with van der Waals surface area (Å²) in [6.45, 7) is 4.72. The molecule has 0 aliphatic carbocycles. The Bertz CT molecular complexity index is 485. The normalized spacial score (nSPS) is 21.5. The summed E-state index contributed by atoms with van der Waals surface area (Å²) in [6, 6.07) is 9.06. The number of likely N-dealkylation sites (tertiary alicyclic amines) is 1. The molecule has 3 rings (SSSR count). The van der Waals surface area contributed by atoms with Gasteiger partial charge in [-0.3, -0.25) is 4.90 Å². The van der Waals surface area contributed by atoms with Gasteiger partial charge in [-0.25, -0.2) is 4.98 Å². The highest BCUT2D eigenvalue weighted by Crippen LogP contribution is 2.35. The van der Waals surface area contributed by atoms with E-state index in [0.29, 0.717) is 6.04 Å². The predicted octanol–water partition coefficient (Wildman–Crippen LogP) is 4.23. The van der Waals surface area contributed by atoms with E-state index in [4.69, 9.17) is 4.98 Å². The van der Waals surface area contributed by atoms with E-state index in [-0.39, 0.29) is 0 Å². The van der Waals surface area contributed by atoms with Gasteiger partial charge in [-0.05, 0) is 44.5 Å². The van der Waals surface area contributed by atoms with Crippen molar-refractivity contribution >= 4 is 21.6 Å². The van der Waals surface area contributed by atoms with Crippen molar-refractivity contribution in [1.82, 2.24) is 9.88 Å². The highest BCUT2D eigenvalue weighted by Gasteiger charge is 2.25. The van der Waals surface area contributed by atoms with Crippen LogP contribution in [0.2, 0.25) is 0 Å². The minimum atomic E-state index is 0.566. The summed E-state index contributed by atoms with van der Waals surface area (Å²) in [6.07, 6.45) is 5.21. The maximum absolute atomic E-state index is 4.85. The predicted molar refractivity (Wildman–Crippen MR) is 78.1 cm³/mol. The summed E-state index contributed by atoms with van der Waals surface area (Å²) in [7, 11) is 0. The molecule has 3 heteroatoms. The molecule has 1 saturated heterocycles. The third-order valence-electron chi connectivity index (χ3n) is 3.72. The molecule has 0 saturated carbocycles. The first-order chi connectivity index (χ1) is 8.88. The lowest BCUT2D eigenvalue weighted by Gasteiger charge is -2.34. The van der Waals surface area contributed by atoms with Crippen LogP contribution in [-0.2, 0) is 0 Å². The fourth-order valence-corrected chi connectivity index (χ4v) is 4.00. The molecule has 1 aliphatic heterocycles. The zero-order valence-electron chi connectivity index (χ0n) is 10.9. The molecule has 2 heterocycles. The maximum Gasteiger partial charge on any atom is 0.111 e. The molecule has 0 N–H and O–H groups in total. The van der Waals surface area contributed by atoms with E-state index in [1.54, 1.807) is 0 Å². The van der Waals surface area contributed by atoms with Crippen LogP contribution < -0.4 is 0 Å². The molecular weight excluding hydrogens is 240 g/mol. The summed E-state index contributed by atoms with van der Waals surface area (Å²) in [4.78, 5) is 7.47. The molecule has 0 spiro atoms. The number of fused-ring (bicyclic) bond motifs is 1. The first-order valence-electron chi connectivity index (χ1n) is 6.98. The van der Waals surface area contributed by atoms with Gasteiger partial charge < -0.3 is 0 Å². The first kappa shape index (κ1) is 12.1. The van der Waals surface area contributed by atoms with Crippen LogP contribution in [0.25, 0.3) is 10.2 Å². The number of thiazole rings is 1. The van der Waals surface area contributed by atoms with Gasteiger partial charge in [0.25, 0.3) is 0 Å². The van der Waals surface area contributed by atoms with Gasteiger partial charge in [0.15, 0.2) is 0 Å². The molecule has 0 bridgehead atoms. The monoisotopic (exact) mass is 260 g/mol. The van der Waals surface area contributed by atoms with E-state index in [1.165, 1.54) is 54.0 Å². The second kappa shape index (κ2) is 5.37. The molecule has 18 heavy (non-hydrogen) atoms. The molecule has 0 radical (unpaired) electrons. The number of hydrogen-bond acceptors (Lipinski definition) is 3. The second-order valence-corrected chi connectivity index (χ2v) is 6.13. The molecular formula is C15H20N2S. The topological polar surface area (TPSA) is 16.1 Å². The average Bonchev–Trinajstić information content (AvgIpc) is 2.83. The number of aromatic nitrogens is 1. The lowest BCUT2D eigenvalue weighted by atomic mass is 10.0. The zero-order valence-corrected chi connectivity index (χ0v) is 11.7. The Kier molecular flexibility index (Phi) is 3.62. The number of rotatable bonds is 3. The first-order valence-corrected chi connectivity index (χ1v) is 7.79. The number of para-hydroxylation sites is 1. The van der Waals surface area contributed by atoms with Crippen LogP contribution in [0.1, 0.15) is 43.7 Å². The van der Waals surface area contributed by atoms with Crippen LogP contribution in [0.5, 0.6) is 0 Å². The van der Waals surface area contributed by atoms with Gasteiger partial charge >= 0.3 is 0 Å². The molecule has 1 aromatic carbocycles. The van der Waals surface area contributed by atoms with Crippen LogP contribution in [0.15, 0.2) is 24.3 Å². The van der Waals surface area contributed by atoms with Gasteiger partial charge in [0, 0.05) is 0 Å². The van der Waals surface area contributed by atoms with E-state index in [9.17, 15) is 0 Å². The van der Waals surface area contributed by atoms with Crippen LogP contribution in [0, 0.1) is 0 Å². The second-order valence-electron chi connectivity index (χ2n) is 5.07. The standard InChI is InChI=1S/C15H20N2S/c1-2-10-17-11-6-5-8-13(17)15-16-12-7-3-4-9-14(12)18-15/h3-4,7,9,13H,2,5-6,8,10-11H2,1H3/t13-/m0/s1. The third-order valence-corrected chi connectivity index (χ3v) is 4.86. The lowest BCUT2D eigenvalue weighted by molar-refractivity contribution is 0.149. The minimum absolute atomic E-state index is 0.566. The third kappa shape index (κ3) is 2.29. The Hall–Kier alpha value is -0.930. The van der Waals surface area contributed by atoms with Crippen molar-refractivity contribution in [3.8, 4) is 0 Å². The largest absolute Gasteiger partial charge is 0.294 e. The van der Waals surface area contributed by atoms with Crippen LogP contribution in [0.3, 0.4) is 0 Å². The highest BCUT2D eigenvalue weighted by molar-refractivity contribution is 7.18. The van der Waals surface area contributed by atoms with Crippen molar-refractivity contribution in [3.05, 3.63) is 29.3 Å². The van der Waals surface area contributed by atoms with E-state index in [1.807, 2.05) is 11.3 Å². The summed E-state index contributed by atoms with van der Waals surface area (Å²) in [5.41, 5.74) is 1.17. The van der Waals surface area contributed by atoms with Crippen LogP contribution >= 0.6 is 11.3 Å². The number of hydrogen-bond donors (Lipinski definition) is 0. The number of benzene rings is 1. The molecule has 0 amide bonds. The van der Waals surface area contributed by atoms with Gasteiger partial charge in [0.05, 0.1) is 16.3 Å². The van der Waals surface area contributed by atoms with Crippen molar-refractivity contribution < 1.29 is 0 Å². The van der Waals surface area contributed by atoms with E-state index in [2.05, 4.69) is 36.1 Å². The highest BCUT2D eigenvalue weighted by atomic mass is 32.1. The van der Waals surface area contributed by atoms with Crippen LogP contribution in [-0.4, -0.2) is 23.0 Å². The average molecular weight is 260 g/mol. The van der Waals surface area contributed by atoms with Gasteiger partial charge in [0.2, 0.25) is 0 Å². The molecule has 0 unspecified atom stereocenters. The Morgan fingerprint density at radius 1 is 1.33 bits per heavy atom. The van der Waals surface area contributed by atoms with Gasteiger partial charge in [0.1, 0.15) is 5.01 Å². The Morgan fingerprint density at radius 3 is 3.06 bits per heavy atom. The van der Waals surface area contributed by atoms with Crippen molar-refractivity contribution in [2.45, 2.75) is 38.6 Å². The molecule has 1 aliphatic rings. The summed E-state index contributed by atoms with van der Waals surface area (Å²) < 4.78 is 1.33. The molecule has 96 valence electrons. The van der Waals surface area contributed by atoms with Gasteiger partial charge in [-0.15, -0.1) is 11.3 Å². The van der Waals surface area contributed by atoms with Crippen molar-refractivity contribution in [2.75, 3.05) is 13.1 Å². The molecule has 1 fully saturated rings. The molecule has 1 aromatic heterocycles. The van der Waals surface area contributed by atoms with Crippen LogP contribution in [0.4, 0.5) is 0 Å². The van der Waals surface area contributed by atoms with Gasteiger partial charge in [-0.1, -0.05) is 25.5 Å². The van der Waals surface area contributed by atoms with Crippen molar-refractivity contribution in [3.63, 3.8) is 0 Å². The summed E-state index contributed by atoms with van der Waals surface area (Å²) in [5.74, 6) is 0. The Labute approximate surface area is 113 Å². The zero-order chi connectivity index (χ0) is 12.4. The Balaban J connectivity index is 1.91. The summed E-state index contributed by atoms with van der Waals surface area (Å²) >= 11 is 1.88. The molecule has 2 nitrogen and oxygen atoms in total. The quantitative estimate of drug-likeness (QED) is 0.821. The number of nitrogens with zero attached hydrogens (tertiary/aromatic N) is 2. The Morgan fingerprint density at radius 2 is 2.22 bits per heavy atom. The molecule has 1 atom stereocenters. The smallest absolute Gasteiger partial charge is 0.111 e. The molecule has 2 aromatic rings. The van der Waals surface area contributed by atoms with E-state index >= 15 is 0 Å². The van der Waals surface area contributed by atoms with Crippen molar-refractivity contribution in [2.24, 2.45) is 0 Å². The fraction of sp³-hybridized carbons (Fsp3) is 0.533. The SMILES string of the molecule is CCCN1CCCC[C@H]1c1nc2ccccc2s1. The fourth-order valence-electron chi connectivity index (χ4n) is 2.86. The maximum atomic E-state index is 4.85. The minimum Gasteiger partial charge on any atom is -0.294 e. The van der Waals surface area contributed by atoms with E-state index < -0.39 is 0 Å². The lowest BCUT2D eigenvalue weighted by Crippen LogP contribution is -2.33.